The number of carbonyl (C=O) groups excluding carboxylic acids is 2. The fourth-order valence-electron chi connectivity index (χ4n) is 2.47. The molecule has 114 valence electrons. The second-order valence-corrected chi connectivity index (χ2v) is 7.27. The first-order valence-electron chi connectivity index (χ1n) is 7.30. The summed E-state index contributed by atoms with van der Waals surface area (Å²) in [5.41, 5.74) is 0.872. The predicted octanol–water partition coefficient (Wildman–Crippen LogP) is 2.35. The van der Waals surface area contributed by atoms with Gasteiger partial charge in [-0.3, -0.25) is 9.59 Å². The van der Waals surface area contributed by atoms with Gasteiger partial charge in [0.15, 0.2) is 0 Å². The molecule has 0 aromatic carbocycles. The highest BCUT2D eigenvalue weighted by atomic mass is 16.2. The largest absolute Gasteiger partial charge is 0.342 e. The summed E-state index contributed by atoms with van der Waals surface area (Å²) < 4.78 is 0. The zero-order valence-corrected chi connectivity index (χ0v) is 13.8. The molecule has 1 rings (SSSR count). The molecule has 0 saturated carbocycles. The Morgan fingerprint density at radius 2 is 1.85 bits per heavy atom. The van der Waals surface area contributed by atoms with Gasteiger partial charge in [-0.1, -0.05) is 46.3 Å². The Bertz CT molecular complexity index is 415. The summed E-state index contributed by atoms with van der Waals surface area (Å²) in [6.45, 7) is 14.4. The van der Waals surface area contributed by atoms with E-state index in [9.17, 15) is 9.59 Å². The minimum atomic E-state index is -0.449. The SMILES string of the molecule is CC(C)=CCN1C(=O)C(C(C)(C)C)NC(=O)C1C(C)C. The van der Waals surface area contributed by atoms with Crippen molar-refractivity contribution in [2.24, 2.45) is 11.3 Å². The summed E-state index contributed by atoms with van der Waals surface area (Å²) in [5, 5.41) is 2.90. The van der Waals surface area contributed by atoms with Crippen molar-refractivity contribution in [3.63, 3.8) is 0 Å². The third-order valence-corrected chi connectivity index (χ3v) is 3.61. The Morgan fingerprint density at radius 3 is 2.25 bits per heavy atom. The van der Waals surface area contributed by atoms with E-state index in [0.717, 1.165) is 5.57 Å². The lowest BCUT2D eigenvalue weighted by Crippen LogP contribution is -2.67. The molecule has 1 aliphatic heterocycles. The van der Waals surface area contributed by atoms with Crippen LogP contribution in [0.2, 0.25) is 0 Å². The van der Waals surface area contributed by atoms with Crippen molar-refractivity contribution < 1.29 is 9.59 Å². The molecule has 1 aliphatic rings. The lowest BCUT2D eigenvalue weighted by atomic mass is 9.82. The highest BCUT2D eigenvalue weighted by molar-refractivity contribution is 5.97. The number of rotatable bonds is 3. The summed E-state index contributed by atoms with van der Waals surface area (Å²) in [6, 6.07) is -0.827. The molecule has 0 radical (unpaired) electrons. The second kappa shape index (κ2) is 5.98. The van der Waals surface area contributed by atoms with E-state index in [2.05, 4.69) is 5.32 Å². The third-order valence-electron chi connectivity index (χ3n) is 3.61. The quantitative estimate of drug-likeness (QED) is 0.807. The number of amides is 2. The van der Waals surface area contributed by atoms with Gasteiger partial charge >= 0.3 is 0 Å². The topological polar surface area (TPSA) is 49.4 Å². The first-order valence-corrected chi connectivity index (χ1v) is 7.30. The molecule has 4 heteroatoms. The number of hydrogen-bond acceptors (Lipinski definition) is 2. The lowest BCUT2D eigenvalue weighted by molar-refractivity contribution is -0.153. The Labute approximate surface area is 122 Å². The van der Waals surface area contributed by atoms with E-state index in [1.165, 1.54) is 0 Å². The van der Waals surface area contributed by atoms with E-state index in [0.29, 0.717) is 6.54 Å². The summed E-state index contributed by atoms with van der Waals surface area (Å²) in [4.78, 5) is 26.8. The Hall–Kier alpha value is -1.32. The molecule has 1 N–H and O–H groups in total. The molecular weight excluding hydrogens is 252 g/mol. The number of carbonyl (C=O) groups is 2. The van der Waals surface area contributed by atoms with Crippen molar-refractivity contribution in [3.05, 3.63) is 11.6 Å². The summed E-state index contributed by atoms with van der Waals surface area (Å²) >= 11 is 0. The fourth-order valence-corrected chi connectivity index (χ4v) is 2.47. The number of allylic oxidation sites excluding steroid dienone is 1. The first-order chi connectivity index (χ1) is 9.05. The van der Waals surface area contributed by atoms with Crippen LogP contribution in [0.15, 0.2) is 11.6 Å². The van der Waals surface area contributed by atoms with Gasteiger partial charge in [0.25, 0.3) is 0 Å². The van der Waals surface area contributed by atoms with Gasteiger partial charge in [-0.05, 0) is 25.2 Å². The van der Waals surface area contributed by atoms with Crippen molar-refractivity contribution in [2.45, 2.75) is 60.5 Å². The average Bonchev–Trinajstić information content (AvgIpc) is 2.27. The van der Waals surface area contributed by atoms with Crippen LogP contribution in [0.5, 0.6) is 0 Å². The summed E-state index contributed by atoms with van der Waals surface area (Å²) in [5.74, 6) is 0.0837. The average molecular weight is 280 g/mol. The van der Waals surface area contributed by atoms with E-state index in [1.54, 1.807) is 4.90 Å². The molecular formula is C16H28N2O2. The Morgan fingerprint density at radius 1 is 1.30 bits per heavy atom. The zero-order valence-electron chi connectivity index (χ0n) is 13.8. The van der Waals surface area contributed by atoms with Gasteiger partial charge in [0.1, 0.15) is 12.1 Å². The van der Waals surface area contributed by atoms with Crippen molar-refractivity contribution >= 4 is 11.8 Å². The van der Waals surface area contributed by atoms with Crippen LogP contribution in [0, 0.1) is 11.3 Å². The second-order valence-electron chi connectivity index (χ2n) is 7.27. The maximum Gasteiger partial charge on any atom is 0.246 e. The Kier molecular flexibility index (Phi) is 5.00. The number of nitrogens with zero attached hydrogens (tertiary/aromatic N) is 1. The minimum Gasteiger partial charge on any atom is -0.342 e. The molecule has 1 fully saturated rings. The normalized spacial score (nSPS) is 23.9. The molecule has 4 nitrogen and oxygen atoms in total. The van der Waals surface area contributed by atoms with Crippen LogP contribution in [0.25, 0.3) is 0 Å². The smallest absolute Gasteiger partial charge is 0.246 e. The van der Waals surface area contributed by atoms with E-state index >= 15 is 0 Å². The molecule has 2 atom stereocenters. The van der Waals surface area contributed by atoms with Crippen LogP contribution in [0.3, 0.4) is 0 Å². The highest BCUT2D eigenvalue weighted by Crippen LogP contribution is 2.27. The molecule has 1 saturated heterocycles. The van der Waals surface area contributed by atoms with E-state index < -0.39 is 6.04 Å². The van der Waals surface area contributed by atoms with Crippen LogP contribution in [-0.2, 0) is 9.59 Å². The molecule has 0 bridgehead atoms. The molecule has 0 aliphatic carbocycles. The van der Waals surface area contributed by atoms with Gasteiger partial charge in [-0.25, -0.2) is 0 Å². The van der Waals surface area contributed by atoms with E-state index in [1.807, 2.05) is 54.5 Å². The standard InChI is InChI=1S/C16H28N2O2/c1-10(2)8-9-18-12(11(3)4)14(19)17-13(15(18)20)16(5,6)7/h8,11-13H,9H2,1-7H3,(H,17,19). The van der Waals surface area contributed by atoms with Crippen LogP contribution >= 0.6 is 0 Å². The van der Waals surface area contributed by atoms with Crippen molar-refractivity contribution in [1.82, 2.24) is 10.2 Å². The fraction of sp³-hybridized carbons (Fsp3) is 0.750. The van der Waals surface area contributed by atoms with Gasteiger partial charge in [0.2, 0.25) is 11.8 Å². The first kappa shape index (κ1) is 16.7. The molecule has 1 heterocycles. The van der Waals surface area contributed by atoms with Gasteiger partial charge in [0, 0.05) is 6.54 Å². The number of nitrogens with one attached hydrogen (secondary N) is 1. The molecule has 0 aromatic rings. The lowest BCUT2D eigenvalue weighted by Gasteiger charge is -2.44. The zero-order chi connectivity index (χ0) is 15.7. The molecule has 0 spiro atoms. The van der Waals surface area contributed by atoms with Gasteiger partial charge in [0.05, 0.1) is 0 Å². The van der Waals surface area contributed by atoms with Crippen molar-refractivity contribution in [3.8, 4) is 0 Å². The van der Waals surface area contributed by atoms with Crippen molar-refractivity contribution in [2.75, 3.05) is 6.54 Å². The summed E-state index contributed by atoms with van der Waals surface area (Å²) in [6.07, 6.45) is 2.01. The Balaban J connectivity index is 3.11. The highest BCUT2D eigenvalue weighted by Gasteiger charge is 2.45. The molecule has 2 unspecified atom stereocenters. The van der Waals surface area contributed by atoms with Crippen LogP contribution in [0.1, 0.15) is 48.5 Å². The number of piperazine rings is 1. The van der Waals surface area contributed by atoms with E-state index in [-0.39, 0.29) is 29.2 Å². The number of hydrogen-bond donors (Lipinski definition) is 1. The van der Waals surface area contributed by atoms with Crippen LogP contribution < -0.4 is 5.32 Å². The maximum atomic E-state index is 12.7. The van der Waals surface area contributed by atoms with Gasteiger partial charge in [-0.15, -0.1) is 0 Å². The molecule has 20 heavy (non-hydrogen) atoms. The van der Waals surface area contributed by atoms with Gasteiger partial charge in [-0.2, -0.15) is 0 Å². The summed E-state index contributed by atoms with van der Waals surface area (Å²) in [7, 11) is 0. The molecule has 2 amide bonds. The van der Waals surface area contributed by atoms with E-state index in [4.69, 9.17) is 0 Å². The molecule has 0 aromatic heterocycles. The predicted molar refractivity (Wildman–Crippen MR) is 81.2 cm³/mol. The van der Waals surface area contributed by atoms with Crippen LogP contribution in [-0.4, -0.2) is 35.3 Å². The van der Waals surface area contributed by atoms with Crippen LogP contribution in [0.4, 0.5) is 0 Å². The third kappa shape index (κ3) is 3.62. The monoisotopic (exact) mass is 280 g/mol. The minimum absolute atomic E-state index is 0.0216. The maximum absolute atomic E-state index is 12.7. The van der Waals surface area contributed by atoms with Gasteiger partial charge < -0.3 is 10.2 Å². The van der Waals surface area contributed by atoms with Crippen molar-refractivity contribution in [1.29, 1.82) is 0 Å².